The maximum Gasteiger partial charge on any atom is 0.119 e. The van der Waals surface area contributed by atoms with Crippen LogP contribution in [0.2, 0.25) is 0 Å². The number of ether oxygens (including phenoxy) is 2. The summed E-state index contributed by atoms with van der Waals surface area (Å²) >= 11 is 0. The summed E-state index contributed by atoms with van der Waals surface area (Å²) in [5.74, 6) is 1.68. The summed E-state index contributed by atoms with van der Waals surface area (Å²) in [7, 11) is 1.65. The lowest BCUT2D eigenvalue weighted by Gasteiger charge is -2.08. The maximum atomic E-state index is 9.08. The molecule has 0 saturated heterocycles. The van der Waals surface area contributed by atoms with Crippen molar-refractivity contribution in [2.45, 2.75) is 25.9 Å². The van der Waals surface area contributed by atoms with E-state index in [1.54, 1.807) is 7.11 Å². The van der Waals surface area contributed by atoms with E-state index in [1.807, 2.05) is 31.2 Å². The minimum absolute atomic E-state index is 0.206. The molecule has 4 heteroatoms. The van der Waals surface area contributed by atoms with Crippen LogP contribution in [0.5, 0.6) is 11.5 Å². The molecule has 1 unspecified atom stereocenters. The number of benzene rings is 1. The zero-order valence-corrected chi connectivity index (χ0v) is 11.2. The Bertz CT molecular complexity index is 311. The highest BCUT2D eigenvalue weighted by Crippen LogP contribution is 2.16. The Hall–Kier alpha value is -1.26. The fourth-order valence-electron chi connectivity index (χ4n) is 1.56. The van der Waals surface area contributed by atoms with Crippen molar-refractivity contribution in [3.05, 3.63) is 24.3 Å². The lowest BCUT2D eigenvalue weighted by molar-refractivity contribution is 0.181. The third-order valence-electron chi connectivity index (χ3n) is 2.58. The van der Waals surface area contributed by atoms with E-state index in [0.29, 0.717) is 6.61 Å². The Labute approximate surface area is 109 Å². The summed E-state index contributed by atoms with van der Waals surface area (Å²) in [6, 6.07) is 7.55. The van der Waals surface area contributed by atoms with Gasteiger partial charge in [-0.25, -0.2) is 0 Å². The molecule has 0 fully saturated rings. The summed E-state index contributed by atoms with van der Waals surface area (Å²) in [6.07, 6.45) is 1.62. The van der Waals surface area contributed by atoms with Crippen LogP contribution in [-0.4, -0.2) is 38.0 Å². The first kappa shape index (κ1) is 14.8. The number of hydrogen-bond acceptors (Lipinski definition) is 4. The molecule has 0 bridgehead atoms. The van der Waals surface area contributed by atoms with Crippen LogP contribution in [0, 0.1) is 0 Å². The van der Waals surface area contributed by atoms with E-state index in [9.17, 15) is 0 Å². The summed E-state index contributed by atoms with van der Waals surface area (Å²) in [5, 5.41) is 12.4. The normalized spacial score (nSPS) is 12.2. The van der Waals surface area contributed by atoms with Crippen molar-refractivity contribution >= 4 is 0 Å². The van der Waals surface area contributed by atoms with Gasteiger partial charge in [0.25, 0.3) is 0 Å². The Balaban J connectivity index is 2.03. The molecular weight excluding hydrogens is 230 g/mol. The van der Waals surface area contributed by atoms with E-state index >= 15 is 0 Å². The molecule has 0 saturated carbocycles. The molecule has 0 spiro atoms. The van der Waals surface area contributed by atoms with Crippen molar-refractivity contribution < 1.29 is 14.6 Å². The standard InChI is InChI=1S/C14H23NO3/c1-12(16)4-3-9-15-10-11-18-14-7-5-13(17-2)6-8-14/h5-8,12,15-16H,3-4,9-11H2,1-2H3. The molecule has 2 N–H and O–H groups in total. The second kappa shape index (κ2) is 8.78. The first-order chi connectivity index (χ1) is 8.72. The number of hydrogen-bond donors (Lipinski definition) is 2. The van der Waals surface area contributed by atoms with Gasteiger partial charge in [-0.05, 0) is 50.6 Å². The molecule has 0 heterocycles. The third-order valence-corrected chi connectivity index (χ3v) is 2.58. The smallest absolute Gasteiger partial charge is 0.119 e. The molecule has 0 radical (unpaired) electrons. The molecule has 4 nitrogen and oxygen atoms in total. The van der Waals surface area contributed by atoms with Gasteiger partial charge in [-0.2, -0.15) is 0 Å². The van der Waals surface area contributed by atoms with Crippen molar-refractivity contribution in [2.24, 2.45) is 0 Å². The van der Waals surface area contributed by atoms with Gasteiger partial charge in [-0.1, -0.05) is 0 Å². The summed E-state index contributed by atoms with van der Waals surface area (Å²) in [5.41, 5.74) is 0. The Kier molecular flexibility index (Phi) is 7.22. The molecule has 0 aromatic heterocycles. The molecule has 102 valence electrons. The van der Waals surface area contributed by atoms with Crippen LogP contribution in [0.4, 0.5) is 0 Å². The van der Waals surface area contributed by atoms with Gasteiger partial charge in [0, 0.05) is 6.54 Å². The first-order valence-electron chi connectivity index (χ1n) is 6.38. The van der Waals surface area contributed by atoms with Gasteiger partial charge in [-0.15, -0.1) is 0 Å². The van der Waals surface area contributed by atoms with E-state index in [4.69, 9.17) is 14.6 Å². The molecule has 0 aliphatic rings. The van der Waals surface area contributed by atoms with Crippen molar-refractivity contribution in [2.75, 3.05) is 26.8 Å². The number of methoxy groups -OCH3 is 1. The van der Waals surface area contributed by atoms with Crippen LogP contribution in [0.1, 0.15) is 19.8 Å². The SMILES string of the molecule is COc1ccc(OCCNCCCC(C)O)cc1. The lowest BCUT2D eigenvalue weighted by atomic mass is 10.2. The zero-order chi connectivity index (χ0) is 13.2. The van der Waals surface area contributed by atoms with Gasteiger partial charge in [-0.3, -0.25) is 0 Å². The summed E-state index contributed by atoms with van der Waals surface area (Å²) in [4.78, 5) is 0. The highest BCUT2D eigenvalue weighted by Gasteiger charge is 1.96. The van der Waals surface area contributed by atoms with Crippen molar-refractivity contribution in [3.8, 4) is 11.5 Å². The second-order valence-electron chi connectivity index (χ2n) is 4.27. The molecule has 0 amide bonds. The van der Waals surface area contributed by atoms with Crippen molar-refractivity contribution in [3.63, 3.8) is 0 Å². The molecule has 0 aliphatic heterocycles. The van der Waals surface area contributed by atoms with Gasteiger partial charge in [0.1, 0.15) is 18.1 Å². The summed E-state index contributed by atoms with van der Waals surface area (Å²) in [6.45, 7) is 4.18. The number of aliphatic hydroxyl groups excluding tert-OH is 1. The molecule has 1 rings (SSSR count). The van der Waals surface area contributed by atoms with E-state index in [2.05, 4.69) is 5.32 Å². The van der Waals surface area contributed by atoms with E-state index < -0.39 is 0 Å². The fourth-order valence-corrected chi connectivity index (χ4v) is 1.56. The Morgan fingerprint density at radius 1 is 1.17 bits per heavy atom. The molecule has 18 heavy (non-hydrogen) atoms. The van der Waals surface area contributed by atoms with E-state index in [0.717, 1.165) is 37.4 Å². The van der Waals surface area contributed by atoms with Gasteiger partial charge in [0.05, 0.1) is 13.2 Å². The molecule has 1 aromatic rings. The summed E-state index contributed by atoms with van der Waals surface area (Å²) < 4.78 is 10.6. The average Bonchev–Trinajstić information content (AvgIpc) is 2.38. The molecule has 0 aliphatic carbocycles. The van der Waals surface area contributed by atoms with Crippen molar-refractivity contribution in [1.82, 2.24) is 5.32 Å². The van der Waals surface area contributed by atoms with Crippen LogP contribution in [0.3, 0.4) is 0 Å². The minimum Gasteiger partial charge on any atom is -0.497 e. The van der Waals surface area contributed by atoms with Crippen LogP contribution in [0.25, 0.3) is 0 Å². The molecular formula is C14H23NO3. The number of aliphatic hydroxyl groups is 1. The lowest BCUT2D eigenvalue weighted by Crippen LogP contribution is -2.22. The van der Waals surface area contributed by atoms with Crippen LogP contribution >= 0.6 is 0 Å². The monoisotopic (exact) mass is 253 g/mol. The van der Waals surface area contributed by atoms with E-state index in [1.165, 1.54) is 0 Å². The Morgan fingerprint density at radius 2 is 1.83 bits per heavy atom. The van der Waals surface area contributed by atoms with E-state index in [-0.39, 0.29) is 6.10 Å². The topological polar surface area (TPSA) is 50.7 Å². The average molecular weight is 253 g/mol. The molecule has 1 aromatic carbocycles. The van der Waals surface area contributed by atoms with Gasteiger partial charge in [0.2, 0.25) is 0 Å². The second-order valence-corrected chi connectivity index (χ2v) is 4.27. The highest BCUT2D eigenvalue weighted by atomic mass is 16.5. The van der Waals surface area contributed by atoms with Gasteiger partial charge >= 0.3 is 0 Å². The highest BCUT2D eigenvalue weighted by molar-refractivity contribution is 5.31. The molecule has 1 atom stereocenters. The minimum atomic E-state index is -0.206. The van der Waals surface area contributed by atoms with Crippen LogP contribution in [0.15, 0.2) is 24.3 Å². The third kappa shape index (κ3) is 6.47. The number of nitrogens with one attached hydrogen (secondary N) is 1. The maximum absolute atomic E-state index is 9.08. The quantitative estimate of drug-likeness (QED) is 0.659. The predicted molar refractivity (Wildman–Crippen MR) is 72.3 cm³/mol. The first-order valence-corrected chi connectivity index (χ1v) is 6.38. The Morgan fingerprint density at radius 3 is 2.44 bits per heavy atom. The fraction of sp³-hybridized carbons (Fsp3) is 0.571. The number of rotatable bonds is 9. The van der Waals surface area contributed by atoms with Crippen LogP contribution < -0.4 is 14.8 Å². The largest absolute Gasteiger partial charge is 0.497 e. The van der Waals surface area contributed by atoms with Crippen LogP contribution in [-0.2, 0) is 0 Å². The zero-order valence-electron chi connectivity index (χ0n) is 11.2. The van der Waals surface area contributed by atoms with Gasteiger partial charge < -0.3 is 19.9 Å². The van der Waals surface area contributed by atoms with Gasteiger partial charge in [0.15, 0.2) is 0 Å². The van der Waals surface area contributed by atoms with Crippen molar-refractivity contribution in [1.29, 1.82) is 0 Å². The predicted octanol–water partition coefficient (Wildman–Crippen LogP) is 1.82.